The maximum Gasteiger partial charge on any atom is 0.276 e. The second-order valence-electron chi connectivity index (χ2n) is 5.02. The molecule has 0 unspecified atom stereocenters. The summed E-state index contributed by atoms with van der Waals surface area (Å²) < 4.78 is 25.2. The fourth-order valence-electron chi connectivity index (χ4n) is 2.29. The van der Waals surface area contributed by atoms with Crippen molar-refractivity contribution in [3.05, 3.63) is 64.3 Å². The molecule has 0 spiro atoms. The number of aromatic nitrogens is 1. The molecular formula is C16H14BrN3O2S. The molecule has 0 bridgehead atoms. The van der Waals surface area contributed by atoms with Gasteiger partial charge in [0.2, 0.25) is 0 Å². The van der Waals surface area contributed by atoms with E-state index in [0.29, 0.717) is 0 Å². The van der Waals surface area contributed by atoms with Crippen molar-refractivity contribution >= 4 is 43.1 Å². The van der Waals surface area contributed by atoms with Gasteiger partial charge in [0, 0.05) is 26.6 Å². The number of aryl methyl sites for hydroxylation is 1. The molecule has 0 amide bonds. The van der Waals surface area contributed by atoms with Crippen LogP contribution in [0, 0.1) is 6.92 Å². The summed E-state index contributed by atoms with van der Waals surface area (Å²) in [5.41, 5.74) is 2.78. The molecular weight excluding hydrogens is 378 g/mol. The SMILES string of the molecule is Cc1[nH]c2ccccc2c1/C=N/NS(=O)(=O)c1ccc(Br)cc1. The van der Waals surface area contributed by atoms with Crippen molar-refractivity contribution in [3.8, 4) is 0 Å². The highest BCUT2D eigenvalue weighted by atomic mass is 79.9. The lowest BCUT2D eigenvalue weighted by molar-refractivity contribution is 0.584. The van der Waals surface area contributed by atoms with Gasteiger partial charge in [0.15, 0.2) is 0 Å². The van der Waals surface area contributed by atoms with Gasteiger partial charge < -0.3 is 4.98 Å². The van der Waals surface area contributed by atoms with Gasteiger partial charge in [-0.05, 0) is 37.3 Å². The minimum Gasteiger partial charge on any atom is -0.358 e. The number of fused-ring (bicyclic) bond motifs is 1. The Balaban J connectivity index is 1.85. The normalized spacial score (nSPS) is 12.1. The molecule has 0 radical (unpaired) electrons. The number of aromatic amines is 1. The number of H-pyrrole nitrogens is 1. The van der Waals surface area contributed by atoms with Crippen LogP contribution >= 0.6 is 15.9 Å². The quantitative estimate of drug-likeness (QED) is 0.527. The first-order valence-electron chi connectivity index (χ1n) is 6.85. The summed E-state index contributed by atoms with van der Waals surface area (Å²) in [6, 6.07) is 14.2. The second-order valence-corrected chi connectivity index (χ2v) is 7.59. The Morgan fingerprint density at radius 3 is 2.57 bits per heavy atom. The highest BCUT2D eigenvalue weighted by Crippen LogP contribution is 2.20. The zero-order valence-electron chi connectivity index (χ0n) is 12.2. The zero-order chi connectivity index (χ0) is 16.4. The molecule has 0 aliphatic rings. The van der Waals surface area contributed by atoms with E-state index < -0.39 is 10.0 Å². The molecule has 5 nitrogen and oxygen atoms in total. The molecule has 0 fully saturated rings. The maximum absolute atomic E-state index is 12.2. The first-order chi connectivity index (χ1) is 11.0. The predicted octanol–water partition coefficient (Wildman–Crippen LogP) is 3.55. The number of halogens is 1. The Morgan fingerprint density at radius 2 is 1.83 bits per heavy atom. The van der Waals surface area contributed by atoms with Gasteiger partial charge >= 0.3 is 0 Å². The molecule has 0 atom stereocenters. The van der Waals surface area contributed by atoms with Crippen LogP contribution in [0.3, 0.4) is 0 Å². The Labute approximate surface area is 142 Å². The average molecular weight is 392 g/mol. The molecule has 0 aliphatic carbocycles. The van der Waals surface area contributed by atoms with Gasteiger partial charge in [-0.3, -0.25) is 0 Å². The Hall–Kier alpha value is -2.12. The molecule has 0 saturated carbocycles. The van der Waals surface area contributed by atoms with Gasteiger partial charge in [0.25, 0.3) is 10.0 Å². The van der Waals surface area contributed by atoms with Crippen LogP contribution in [0.4, 0.5) is 0 Å². The van der Waals surface area contributed by atoms with E-state index in [1.807, 2.05) is 31.2 Å². The fourth-order valence-corrected chi connectivity index (χ4v) is 3.35. The van der Waals surface area contributed by atoms with Gasteiger partial charge in [-0.1, -0.05) is 34.1 Å². The number of nitrogens with zero attached hydrogens (tertiary/aromatic N) is 1. The third kappa shape index (κ3) is 3.30. The zero-order valence-corrected chi connectivity index (χ0v) is 14.6. The Kier molecular flexibility index (Phi) is 4.23. The molecule has 3 rings (SSSR count). The number of para-hydroxylation sites is 1. The predicted molar refractivity (Wildman–Crippen MR) is 95.1 cm³/mol. The molecule has 7 heteroatoms. The van der Waals surface area contributed by atoms with Crippen molar-refractivity contribution in [1.82, 2.24) is 9.82 Å². The van der Waals surface area contributed by atoms with E-state index in [0.717, 1.165) is 26.6 Å². The molecule has 0 saturated heterocycles. The van der Waals surface area contributed by atoms with E-state index in [4.69, 9.17) is 0 Å². The van der Waals surface area contributed by atoms with E-state index in [9.17, 15) is 8.42 Å². The average Bonchev–Trinajstić information content (AvgIpc) is 2.84. The maximum atomic E-state index is 12.2. The first kappa shape index (κ1) is 15.8. The van der Waals surface area contributed by atoms with Crippen molar-refractivity contribution in [2.24, 2.45) is 5.10 Å². The minimum atomic E-state index is -3.68. The summed E-state index contributed by atoms with van der Waals surface area (Å²) in [7, 11) is -3.68. The largest absolute Gasteiger partial charge is 0.358 e. The standard InChI is InChI=1S/C16H14BrN3O2S/c1-11-15(14-4-2-3-5-16(14)19-11)10-18-20-23(21,22)13-8-6-12(17)7-9-13/h2-10,19-20H,1H3/b18-10+. The third-order valence-electron chi connectivity index (χ3n) is 3.43. The third-order valence-corrected chi connectivity index (χ3v) is 5.20. The molecule has 0 aliphatic heterocycles. The van der Waals surface area contributed by atoms with Gasteiger partial charge in [0.05, 0.1) is 11.1 Å². The second kappa shape index (κ2) is 6.17. The van der Waals surface area contributed by atoms with E-state index in [-0.39, 0.29) is 4.90 Å². The fraction of sp³-hybridized carbons (Fsp3) is 0.0625. The molecule has 1 aromatic heterocycles. The molecule has 23 heavy (non-hydrogen) atoms. The summed E-state index contributed by atoms with van der Waals surface area (Å²) in [4.78, 5) is 5.64. The number of hydrogen-bond donors (Lipinski definition) is 2. The number of nitrogens with one attached hydrogen (secondary N) is 2. The number of hydrogen-bond acceptors (Lipinski definition) is 3. The van der Waals surface area contributed by atoms with E-state index in [2.05, 4.69) is 30.8 Å². The van der Waals surface area contributed by atoms with Gasteiger partial charge in [-0.2, -0.15) is 13.5 Å². The molecule has 2 aromatic carbocycles. The van der Waals surface area contributed by atoms with Crippen molar-refractivity contribution in [2.45, 2.75) is 11.8 Å². The first-order valence-corrected chi connectivity index (χ1v) is 9.13. The topological polar surface area (TPSA) is 74.3 Å². The van der Waals surface area contributed by atoms with Crippen LogP contribution in [0.1, 0.15) is 11.3 Å². The van der Waals surface area contributed by atoms with Crippen molar-refractivity contribution in [1.29, 1.82) is 0 Å². The van der Waals surface area contributed by atoms with E-state index in [1.54, 1.807) is 12.1 Å². The summed E-state index contributed by atoms with van der Waals surface area (Å²) in [6.07, 6.45) is 1.52. The van der Waals surface area contributed by atoms with Crippen LogP contribution in [0.2, 0.25) is 0 Å². The number of rotatable bonds is 4. The van der Waals surface area contributed by atoms with Crippen molar-refractivity contribution in [2.75, 3.05) is 0 Å². The number of sulfonamides is 1. The number of benzene rings is 2. The van der Waals surface area contributed by atoms with Gasteiger partial charge in [0.1, 0.15) is 0 Å². The smallest absolute Gasteiger partial charge is 0.276 e. The van der Waals surface area contributed by atoms with Crippen molar-refractivity contribution in [3.63, 3.8) is 0 Å². The van der Waals surface area contributed by atoms with Crippen molar-refractivity contribution < 1.29 is 8.42 Å². The minimum absolute atomic E-state index is 0.161. The highest BCUT2D eigenvalue weighted by Gasteiger charge is 2.12. The highest BCUT2D eigenvalue weighted by molar-refractivity contribution is 9.10. The van der Waals surface area contributed by atoms with Crippen LogP contribution in [0.5, 0.6) is 0 Å². The molecule has 118 valence electrons. The molecule has 2 N–H and O–H groups in total. The van der Waals surface area contributed by atoms with Crippen LogP contribution in [0.15, 0.2) is 63.0 Å². The van der Waals surface area contributed by atoms with Crippen LogP contribution in [-0.2, 0) is 10.0 Å². The summed E-state index contributed by atoms with van der Waals surface area (Å²) in [6.45, 7) is 1.92. The van der Waals surface area contributed by atoms with Crippen LogP contribution in [0.25, 0.3) is 10.9 Å². The lowest BCUT2D eigenvalue weighted by atomic mass is 10.1. The van der Waals surface area contributed by atoms with E-state index in [1.165, 1.54) is 18.3 Å². The number of hydrazone groups is 1. The Morgan fingerprint density at radius 1 is 1.13 bits per heavy atom. The van der Waals surface area contributed by atoms with Gasteiger partial charge in [-0.15, -0.1) is 0 Å². The van der Waals surface area contributed by atoms with Crippen LogP contribution < -0.4 is 4.83 Å². The molecule has 3 aromatic rings. The van der Waals surface area contributed by atoms with Gasteiger partial charge in [-0.25, -0.2) is 4.83 Å². The summed E-state index contributed by atoms with van der Waals surface area (Å²) in [5, 5.41) is 4.90. The lowest BCUT2D eigenvalue weighted by Gasteiger charge is -2.03. The summed E-state index contributed by atoms with van der Waals surface area (Å²) >= 11 is 3.27. The molecule has 1 heterocycles. The Bertz CT molecular complexity index is 976. The van der Waals surface area contributed by atoms with E-state index >= 15 is 0 Å². The lowest BCUT2D eigenvalue weighted by Crippen LogP contribution is -2.18. The monoisotopic (exact) mass is 391 g/mol. The summed E-state index contributed by atoms with van der Waals surface area (Å²) in [5.74, 6) is 0. The van der Waals surface area contributed by atoms with Crippen LogP contribution in [-0.4, -0.2) is 19.6 Å².